The number of esters is 2. The zero-order valence-electron chi connectivity index (χ0n) is 17.3. The highest BCUT2D eigenvalue weighted by Crippen LogP contribution is 2.44. The molecular weight excluding hydrogens is 412 g/mol. The molecule has 3 aliphatic rings. The average Bonchev–Trinajstić information content (AvgIpc) is 3.33. The summed E-state index contributed by atoms with van der Waals surface area (Å²) in [5, 5.41) is 10.7. The van der Waals surface area contributed by atoms with Crippen LogP contribution in [0, 0.1) is 11.8 Å². The number of hydrogen-bond acceptors (Lipinski definition) is 7. The molecule has 2 fully saturated rings. The van der Waals surface area contributed by atoms with E-state index >= 15 is 0 Å². The van der Waals surface area contributed by atoms with E-state index in [4.69, 9.17) is 18.9 Å². The van der Waals surface area contributed by atoms with Gasteiger partial charge in [0.1, 0.15) is 24.1 Å². The first-order chi connectivity index (χ1) is 15.6. The van der Waals surface area contributed by atoms with Crippen LogP contribution in [0.3, 0.4) is 0 Å². The van der Waals surface area contributed by atoms with E-state index < -0.39 is 24.5 Å². The molecule has 6 atom stereocenters. The third kappa shape index (κ3) is 4.13. The number of hydrogen-bond donors (Lipinski definition) is 1. The molecule has 0 spiro atoms. The van der Waals surface area contributed by atoms with Crippen LogP contribution in [0.2, 0.25) is 0 Å². The van der Waals surface area contributed by atoms with Crippen LogP contribution >= 0.6 is 0 Å². The van der Waals surface area contributed by atoms with Crippen molar-refractivity contribution in [2.75, 3.05) is 0 Å². The Morgan fingerprint density at radius 1 is 1.09 bits per heavy atom. The summed E-state index contributed by atoms with van der Waals surface area (Å²) < 4.78 is 22.6. The van der Waals surface area contributed by atoms with Gasteiger partial charge in [0.05, 0.1) is 18.6 Å². The lowest BCUT2D eigenvalue weighted by atomic mass is 9.91. The monoisotopic (exact) mass is 436 g/mol. The van der Waals surface area contributed by atoms with Gasteiger partial charge in [0.15, 0.2) is 0 Å². The maximum absolute atomic E-state index is 12.6. The van der Waals surface area contributed by atoms with Crippen LogP contribution in [0.1, 0.15) is 28.8 Å². The molecule has 2 aromatic carbocycles. The van der Waals surface area contributed by atoms with Gasteiger partial charge in [-0.3, -0.25) is 4.79 Å². The summed E-state index contributed by atoms with van der Waals surface area (Å²) in [5.74, 6) is -0.349. The molecule has 0 bridgehead atoms. The Morgan fingerprint density at radius 2 is 1.88 bits per heavy atom. The molecule has 2 aliphatic heterocycles. The summed E-state index contributed by atoms with van der Waals surface area (Å²) >= 11 is 0. The van der Waals surface area contributed by atoms with E-state index in [-0.39, 0.29) is 30.3 Å². The molecule has 32 heavy (non-hydrogen) atoms. The third-order valence-electron chi connectivity index (χ3n) is 6.25. The quantitative estimate of drug-likeness (QED) is 0.569. The van der Waals surface area contributed by atoms with Crippen LogP contribution in [0.15, 0.2) is 66.7 Å². The number of carbonyl (C=O) groups excluding carboxylic acids is 2. The van der Waals surface area contributed by atoms with Crippen molar-refractivity contribution < 1.29 is 33.6 Å². The average molecular weight is 436 g/mol. The first-order valence-electron chi connectivity index (χ1n) is 10.8. The number of rotatable bonds is 5. The summed E-state index contributed by atoms with van der Waals surface area (Å²) in [6.45, 7) is 0.347. The molecule has 7 nitrogen and oxygen atoms in total. The van der Waals surface area contributed by atoms with Gasteiger partial charge in [-0.05, 0) is 18.2 Å². The molecule has 166 valence electrons. The minimum Gasteiger partial charge on any atom is -0.462 e. The number of carbonyl (C=O) groups is 2. The summed E-state index contributed by atoms with van der Waals surface area (Å²) in [7, 11) is 0. The minimum atomic E-state index is -1.02. The predicted molar refractivity (Wildman–Crippen MR) is 113 cm³/mol. The Hall–Kier alpha value is -3.16. The second-order valence-corrected chi connectivity index (χ2v) is 8.30. The third-order valence-corrected chi connectivity index (χ3v) is 6.25. The molecule has 0 amide bonds. The van der Waals surface area contributed by atoms with E-state index in [9.17, 15) is 14.7 Å². The van der Waals surface area contributed by atoms with Crippen molar-refractivity contribution in [3.8, 4) is 5.75 Å². The summed E-state index contributed by atoms with van der Waals surface area (Å²) in [6.07, 6.45) is 1.48. The zero-order valence-corrected chi connectivity index (χ0v) is 17.3. The molecule has 5 rings (SSSR count). The van der Waals surface area contributed by atoms with Crippen molar-refractivity contribution in [3.05, 3.63) is 77.9 Å². The topological polar surface area (TPSA) is 91.3 Å². The highest BCUT2D eigenvalue weighted by Gasteiger charge is 2.50. The Morgan fingerprint density at radius 3 is 2.72 bits per heavy atom. The van der Waals surface area contributed by atoms with Gasteiger partial charge in [-0.25, -0.2) is 4.79 Å². The van der Waals surface area contributed by atoms with Crippen molar-refractivity contribution in [1.29, 1.82) is 0 Å². The molecule has 1 saturated carbocycles. The summed E-state index contributed by atoms with van der Waals surface area (Å²) in [5.41, 5.74) is 1.39. The Balaban J connectivity index is 1.29. The number of benzene rings is 2. The number of ether oxygens (including phenoxy) is 4. The van der Waals surface area contributed by atoms with Crippen molar-refractivity contribution in [1.82, 2.24) is 0 Å². The first-order valence-corrected chi connectivity index (χ1v) is 10.8. The van der Waals surface area contributed by atoms with Gasteiger partial charge >= 0.3 is 11.9 Å². The number of aliphatic hydroxyl groups is 1. The lowest BCUT2D eigenvalue weighted by molar-refractivity contribution is -0.152. The fourth-order valence-electron chi connectivity index (χ4n) is 4.64. The molecule has 1 saturated heterocycles. The minimum absolute atomic E-state index is 0.103. The smallest absolute Gasteiger partial charge is 0.338 e. The largest absolute Gasteiger partial charge is 0.462 e. The van der Waals surface area contributed by atoms with E-state index in [1.54, 1.807) is 36.4 Å². The zero-order chi connectivity index (χ0) is 22.1. The van der Waals surface area contributed by atoms with Crippen molar-refractivity contribution in [3.63, 3.8) is 0 Å². The lowest BCUT2D eigenvalue weighted by Crippen LogP contribution is -2.36. The molecule has 0 unspecified atom stereocenters. The highest BCUT2D eigenvalue weighted by molar-refractivity contribution is 5.89. The molecule has 2 aromatic rings. The van der Waals surface area contributed by atoms with Gasteiger partial charge in [-0.1, -0.05) is 48.6 Å². The van der Waals surface area contributed by atoms with Crippen LogP contribution in [0.25, 0.3) is 0 Å². The first kappa shape index (κ1) is 20.7. The second kappa shape index (κ2) is 8.76. The van der Waals surface area contributed by atoms with Crippen molar-refractivity contribution in [2.24, 2.45) is 11.8 Å². The maximum atomic E-state index is 12.6. The van der Waals surface area contributed by atoms with Gasteiger partial charge in [0, 0.05) is 23.8 Å². The lowest BCUT2D eigenvalue weighted by Gasteiger charge is -2.28. The molecule has 1 N–H and O–H groups in total. The van der Waals surface area contributed by atoms with Crippen LogP contribution in [-0.2, 0) is 25.6 Å². The molecule has 2 heterocycles. The molecule has 0 aromatic heterocycles. The van der Waals surface area contributed by atoms with Crippen LogP contribution < -0.4 is 4.74 Å². The van der Waals surface area contributed by atoms with Gasteiger partial charge in [0.25, 0.3) is 0 Å². The maximum Gasteiger partial charge on any atom is 0.338 e. The summed E-state index contributed by atoms with van der Waals surface area (Å²) in [6, 6.07) is 16.3. The summed E-state index contributed by atoms with van der Waals surface area (Å²) in [4.78, 5) is 24.4. The van der Waals surface area contributed by atoms with E-state index in [1.807, 2.05) is 30.3 Å². The molecular formula is C25H24O7. The fourth-order valence-corrected chi connectivity index (χ4v) is 4.64. The molecule has 0 radical (unpaired) electrons. The number of fused-ring (bicyclic) bond motifs is 2. The van der Waals surface area contributed by atoms with E-state index in [0.717, 1.165) is 5.56 Å². The predicted octanol–water partition coefficient (Wildman–Crippen LogP) is 3.02. The van der Waals surface area contributed by atoms with Gasteiger partial charge in [-0.15, -0.1) is 0 Å². The number of para-hydroxylation sites is 1. The fraction of sp³-hybridized carbons (Fsp3) is 0.360. The Bertz CT molecular complexity index is 1020. The van der Waals surface area contributed by atoms with Crippen LogP contribution in [-0.4, -0.2) is 41.6 Å². The van der Waals surface area contributed by atoms with E-state index in [2.05, 4.69) is 0 Å². The SMILES string of the molecule is O=C1C[C@@H]2[C@@H](/C=C/[C@H](O)[C@@H]3OCc4ccccc4O3)[C@H](OC(=O)c3ccccc3)C[C@@H]2O1. The standard InChI is InChI=1S/C25H24O7/c26-19(25-29-14-16-8-4-5-9-20(16)32-25)11-10-17-18-12-23(27)30-22(18)13-21(17)31-24(28)15-6-2-1-3-7-15/h1-11,17-19,21-22,25-26H,12-14H2/b11-10+/t17-,18-,19+,21-,22+,25-/m1/s1. The van der Waals surface area contributed by atoms with E-state index in [1.165, 1.54) is 0 Å². The van der Waals surface area contributed by atoms with Crippen LogP contribution in [0.5, 0.6) is 5.75 Å². The van der Waals surface area contributed by atoms with Crippen LogP contribution in [0.4, 0.5) is 0 Å². The van der Waals surface area contributed by atoms with Crippen molar-refractivity contribution >= 4 is 11.9 Å². The van der Waals surface area contributed by atoms with Crippen molar-refractivity contribution in [2.45, 2.75) is 44.1 Å². The molecule has 1 aliphatic carbocycles. The van der Waals surface area contributed by atoms with Gasteiger partial charge in [0.2, 0.25) is 6.29 Å². The second-order valence-electron chi connectivity index (χ2n) is 8.30. The Kier molecular flexibility index (Phi) is 5.68. The van der Waals surface area contributed by atoms with Gasteiger partial charge < -0.3 is 24.1 Å². The highest BCUT2D eigenvalue weighted by atomic mass is 16.7. The van der Waals surface area contributed by atoms with Gasteiger partial charge in [-0.2, -0.15) is 0 Å². The normalized spacial score (nSPS) is 29.7. The molecule has 7 heteroatoms. The number of aliphatic hydroxyl groups excluding tert-OH is 1. The Labute approximate surface area is 185 Å². The van der Waals surface area contributed by atoms with E-state index in [0.29, 0.717) is 24.3 Å².